The Morgan fingerprint density at radius 2 is 1.34 bits per heavy atom. The summed E-state index contributed by atoms with van der Waals surface area (Å²) in [5.41, 5.74) is 6.30. The molecule has 2 heterocycles. The maximum atomic E-state index is 13.0. The average Bonchev–Trinajstić information content (AvgIpc) is 3.02. The number of hydrogen-bond donors (Lipinski definition) is 1. The number of anilines is 1. The summed E-state index contributed by atoms with van der Waals surface area (Å²) in [6.07, 6.45) is 4.39. The number of ether oxygens (including phenoxy) is 1. The predicted octanol–water partition coefficient (Wildman–Crippen LogP) is 7.95. The molecule has 0 atom stereocenters. The summed E-state index contributed by atoms with van der Waals surface area (Å²) in [4.78, 5) is 17.5. The van der Waals surface area contributed by atoms with E-state index in [1.807, 2.05) is 11.0 Å². The van der Waals surface area contributed by atoms with E-state index >= 15 is 0 Å². The monoisotopic (exact) mass is 547 g/mol. The third-order valence-electron chi connectivity index (χ3n) is 9.07. The Morgan fingerprint density at radius 1 is 0.756 bits per heavy atom. The lowest BCUT2D eigenvalue weighted by atomic mass is 9.89. The molecule has 212 valence electrons. The molecule has 0 saturated carbocycles. The highest BCUT2D eigenvalue weighted by Gasteiger charge is 2.24. The van der Waals surface area contributed by atoms with E-state index in [9.17, 15) is 4.79 Å². The van der Waals surface area contributed by atoms with Gasteiger partial charge in [-0.15, -0.1) is 0 Å². The molecule has 5 nitrogen and oxygen atoms in total. The third kappa shape index (κ3) is 6.57. The van der Waals surface area contributed by atoms with Crippen molar-refractivity contribution < 1.29 is 9.53 Å². The fourth-order valence-corrected chi connectivity index (χ4v) is 6.49. The Hall–Kier alpha value is -3.83. The van der Waals surface area contributed by atoms with Crippen LogP contribution in [-0.4, -0.2) is 49.1 Å². The van der Waals surface area contributed by atoms with Crippen LogP contribution in [0.4, 0.5) is 10.5 Å². The van der Waals surface area contributed by atoms with Crippen LogP contribution in [0.3, 0.4) is 0 Å². The van der Waals surface area contributed by atoms with Gasteiger partial charge >= 0.3 is 6.03 Å². The number of amides is 2. The molecular weight excluding hydrogens is 506 g/mol. The Labute approximate surface area is 244 Å². The van der Waals surface area contributed by atoms with Gasteiger partial charge in [-0.3, -0.25) is 4.90 Å². The number of nitrogens with zero attached hydrogens (tertiary/aromatic N) is 2. The summed E-state index contributed by atoms with van der Waals surface area (Å²) in [6.45, 7) is 6.90. The van der Waals surface area contributed by atoms with Crippen molar-refractivity contribution in [3.05, 3.63) is 107 Å². The molecule has 0 bridgehead atoms. The lowest BCUT2D eigenvalue weighted by Crippen LogP contribution is -2.40. The second-order valence-corrected chi connectivity index (χ2v) is 11.8. The first kappa shape index (κ1) is 27.3. The van der Waals surface area contributed by atoms with Crippen molar-refractivity contribution in [3.63, 3.8) is 0 Å². The second kappa shape index (κ2) is 12.4. The Bertz CT molecular complexity index is 1470. The van der Waals surface area contributed by atoms with Crippen molar-refractivity contribution in [2.75, 3.05) is 38.6 Å². The maximum Gasteiger partial charge on any atom is 0.321 e. The van der Waals surface area contributed by atoms with Gasteiger partial charge in [-0.05, 0) is 115 Å². The van der Waals surface area contributed by atoms with Crippen molar-refractivity contribution in [3.8, 4) is 5.75 Å². The number of methoxy groups -OCH3 is 1. The summed E-state index contributed by atoms with van der Waals surface area (Å²) in [5.74, 6) is 2.09. The van der Waals surface area contributed by atoms with Gasteiger partial charge < -0.3 is 15.0 Å². The van der Waals surface area contributed by atoms with Gasteiger partial charge in [0, 0.05) is 25.3 Å². The molecule has 4 aromatic carbocycles. The van der Waals surface area contributed by atoms with Gasteiger partial charge in [-0.1, -0.05) is 60.2 Å². The third-order valence-corrected chi connectivity index (χ3v) is 9.07. The lowest BCUT2D eigenvalue weighted by molar-refractivity contribution is 0.194. The molecule has 2 aliphatic heterocycles. The van der Waals surface area contributed by atoms with E-state index in [0.717, 1.165) is 62.4 Å². The van der Waals surface area contributed by atoms with Crippen LogP contribution in [0.15, 0.2) is 84.9 Å². The minimum Gasteiger partial charge on any atom is -0.497 e. The van der Waals surface area contributed by atoms with Gasteiger partial charge in [0.15, 0.2) is 0 Å². The normalized spacial score (nSPS) is 17.1. The highest BCUT2D eigenvalue weighted by Crippen LogP contribution is 2.31. The van der Waals surface area contributed by atoms with Gasteiger partial charge in [-0.25, -0.2) is 4.79 Å². The fraction of sp³-hybridized carbons (Fsp3) is 0.361. The molecule has 6 rings (SSSR count). The number of hydrogen-bond acceptors (Lipinski definition) is 3. The number of urea groups is 1. The largest absolute Gasteiger partial charge is 0.497 e. The molecule has 0 spiro atoms. The van der Waals surface area contributed by atoms with E-state index in [1.54, 1.807) is 7.11 Å². The zero-order valence-corrected chi connectivity index (χ0v) is 24.3. The summed E-state index contributed by atoms with van der Waals surface area (Å²) < 4.78 is 5.31. The van der Waals surface area contributed by atoms with Gasteiger partial charge in [-0.2, -0.15) is 0 Å². The minimum atomic E-state index is 0.00127. The number of aryl methyl sites for hydroxylation is 1. The van der Waals surface area contributed by atoms with Gasteiger partial charge in [0.05, 0.1) is 7.11 Å². The van der Waals surface area contributed by atoms with Crippen LogP contribution in [0.1, 0.15) is 59.8 Å². The van der Waals surface area contributed by atoms with Gasteiger partial charge in [0.1, 0.15) is 5.75 Å². The molecule has 41 heavy (non-hydrogen) atoms. The SMILES string of the molecule is COc1ccc(C2CCN(Cc3ccc4cc(NC(=O)N5CCC(c6ccc(C)cc6)CC5)ccc4c3)CC2)cc1. The molecular formula is C36H41N3O2. The lowest BCUT2D eigenvalue weighted by Gasteiger charge is -2.32. The summed E-state index contributed by atoms with van der Waals surface area (Å²) >= 11 is 0. The van der Waals surface area contributed by atoms with Crippen molar-refractivity contribution in [2.24, 2.45) is 0 Å². The number of likely N-dealkylation sites (tertiary alicyclic amines) is 2. The van der Waals surface area contributed by atoms with E-state index in [2.05, 4.69) is 96.0 Å². The van der Waals surface area contributed by atoms with E-state index < -0.39 is 0 Å². The smallest absolute Gasteiger partial charge is 0.321 e. The van der Waals surface area contributed by atoms with Crippen LogP contribution < -0.4 is 10.1 Å². The standard InChI is InChI=1S/C36H41N3O2/c1-26-3-6-28(7-4-26)31-17-21-39(22-18-31)36(40)37-34-12-9-32-23-27(5-8-33(32)24-34)25-38-19-15-30(16-20-38)29-10-13-35(41-2)14-11-29/h3-14,23-24,30-31H,15-22,25H2,1-2H3,(H,37,40). The first-order chi connectivity index (χ1) is 20.0. The Kier molecular flexibility index (Phi) is 8.24. The molecule has 1 N–H and O–H groups in total. The van der Waals surface area contributed by atoms with E-state index in [-0.39, 0.29) is 6.03 Å². The van der Waals surface area contributed by atoms with E-state index in [0.29, 0.717) is 11.8 Å². The summed E-state index contributed by atoms with van der Waals surface area (Å²) in [7, 11) is 1.72. The quantitative estimate of drug-likeness (QED) is 0.266. The molecule has 2 saturated heterocycles. The van der Waals surface area contributed by atoms with Crippen molar-refractivity contribution in [1.82, 2.24) is 9.80 Å². The molecule has 0 unspecified atom stereocenters. The zero-order valence-electron chi connectivity index (χ0n) is 24.3. The molecule has 0 radical (unpaired) electrons. The first-order valence-electron chi connectivity index (χ1n) is 15.1. The first-order valence-corrected chi connectivity index (χ1v) is 15.1. The number of benzene rings is 4. The number of piperidine rings is 2. The van der Waals surface area contributed by atoms with Gasteiger partial charge in [0.2, 0.25) is 0 Å². The van der Waals surface area contributed by atoms with Crippen molar-refractivity contribution in [2.45, 2.75) is 51.0 Å². The molecule has 2 aliphatic rings. The number of carbonyl (C=O) groups is 1. The fourth-order valence-electron chi connectivity index (χ4n) is 6.49. The second-order valence-electron chi connectivity index (χ2n) is 11.8. The maximum absolute atomic E-state index is 13.0. The molecule has 2 fully saturated rings. The van der Waals surface area contributed by atoms with Crippen molar-refractivity contribution in [1.29, 1.82) is 0 Å². The summed E-state index contributed by atoms with van der Waals surface area (Å²) in [5, 5.41) is 5.51. The Morgan fingerprint density at radius 3 is 2.00 bits per heavy atom. The molecule has 0 aromatic heterocycles. The van der Waals surface area contributed by atoms with E-state index in [1.165, 1.54) is 40.5 Å². The highest BCUT2D eigenvalue weighted by molar-refractivity contribution is 5.93. The average molecular weight is 548 g/mol. The van der Waals surface area contributed by atoms with Crippen LogP contribution >= 0.6 is 0 Å². The summed E-state index contributed by atoms with van der Waals surface area (Å²) in [6, 6.07) is 30.4. The van der Waals surface area contributed by atoms with E-state index in [4.69, 9.17) is 4.74 Å². The number of carbonyl (C=O) groups excluding carboxylic acids is 1. The number of fused-ring (bicyclic) bond motifs is 1. The number of nitrogens with one attached hydrogen (secondary N) is 1. The van der Waals surface area contributed by atoms with Crippen LogP contribution in [0.2, 0.25) is 0 Å². The topological polar surface area (TPSA) is 44.8 Å². The minimum absolute atomic E-state index is 0.00127. The molecule has 2 amide bonds. The zero-order chi connectivity index (χ0) is 28.2. The molecule has 5 heteroatoms. The van der Waals surface area contributed by atoms with Crippen LogP contribution in [-0.2, 0) is 6.54 Å². The predicted molar refractivity (Wildman–Crippen MR) is 168 cm³/mol. The molecule has 4 aromatic rings. The van der Waals surface area contributed by atoms with Crippen LogP contribution in [0.25, 0.3) is 10.8 Å². The molecule has 0 aliphatic carbocycles. The van der Waals surface area contributed by atoms with Crippen molar-refractivity contribution >= 4 is 22.5 Å². The highest BCUT2D eigenvalue weighted by atomic mass is 16.5. The Balaban J connectivity index is 1.00. The van der Waals surface area contributed by atoms with Crippen LogP contribution in [0.5, 0.6) is 5.75 Å². The van der Waals surface area contributed by atoms with Gasteiger partial charge in [0.25, 0.3) is 0 Å². The van der Waals surface area contributed by atoms with Crippen LogP contribution in [0, 0.1) is 6.92 Å². The number of rotatable bonds is 6.